The van der Waals surface area contributed by atoms with Crippen LogP contribution in [0.4, 0.5) is 5.69 Å². The molecule has 0 bridgehead atoms. The Balaban J connectivity index is 1.52. The molecule has 2 aromatic carbocycles. The number of ether oxygens (including phenoxy) is 2. The Hall–Kier alpha value is -3.40. The summed E-state index contributed by atoms with van der Waals surface area (Å²) < 4.78 is 10.6. The van der Waals surface area contributed by atoms with Crippen molar-refractivity contribution in [3.8, 4) is 17.2 Å². The number of hydrazone groups is 1. The van der Waals surface area contributed by atoms with Gasteiger partial charge in [-0.3, -0.25) is 15.5 Å². The number of nitrogens with zero attached hydrogens (tertiary/aromatic N) is 2. The van der Waals surface area contributed by atoms with Crippen LogP contribution >= 0.6 is 12.2 Å². The number of rotatable bonds is 5. The van der Waals surface area contributed by atoms with Gasteiger partial charge in [0, 0.05) is 18.2 Å². The van der Waals surface area contributed by atoms with Gasteiger partial charge in [0.2, 0.25) is 6.79 Å². The third-order valence-electron chi connectivity index (χ3n) is 3.47. The number of fused-ring (bicyclic) bond motifs is 1. The molecule has 0 saturated heterocycles. The van der Waals surface area contributed by atoms with E-state index in [-0.39, 0.29) is 11.9 Å². The van der Waals surface area contributed by atoms with E-state index in [0.29, 0.717) is 23.6 Å². The number of phenolic OH excluding ortho intramolecular Hbond substituents is 1. The first kappa shape index (κ1) is 17.4. The van der Waals surface area contributed by atoms with Gasteiger partial charge >= 0.3 is 5.69 Å². The molecule has 10 heteroatoms. The zero-order valence-corrected chi connectivity index (χ0v) is 14.2. The van der Waals surface area contributed by atoms with Crippen molar-refractivity contribution in [1.29, 1.82) is 0 Å². The average Bonchev–Trinajstić information content (AvgIpc) is 3.09. The molecule has 1 heterocycles. The predicted molar refractivity (Wildman–Crippen MR) is 97.5 cm³/mol. The Morgan fingerprint density at radius 3 is 2.92 bits per heavy atom. The maximum atomic E-state index is 10.8. The monoisotopic (exact) mass is 374 g/mol. The normalized spacial score (nSPS) is 12.2. The average molecular weight is 374 g/mol. The molecule has 0 atom stereocenters. The fraction of sp³-hybridized carbons (Fsp3) is 0.125. The van der Waals surface area contributed by atoms with E-state index < -0.39 is 16.4 Å². The largest absolute Gasteiger partial charge is 0.502 e. The van der Waals surface area contributed by atoms with Crippen LogP contribution in [0.5, 0.6) is 17.2 Å². The number of thiocarbonyl (C=S) groups is 1. The lowest BCUT2D eigenvalue weighted by atomic mass is 10.2. The summed E-state index contributed by atoms with van der Waals surface area (Å²) in [6, 6.07) is 9.51. The summed E-state index contributed by atoms with van der Waals surface area (Å²) in [5, 5.41) is 27.4. The van der Waals surface area contributed by atoms with Gasteiger partial charge in [-0.1, -0.05) is 6.07 Å². The highest BCUT2D eigenvalue weighted by Crippen LogP contribution is 2.32. The fourth-order valence-corrected chi connectivity index (χ4v) is 2.33. The van der Waals surface area contributed by atoms with Crippen molar-refractivity contribution in [3.05, 3.63) is 57.6 Å². The Morgan fingerprint density at radius 2 is 2.12 bits per heavy atom. The zero-order chi connectivity index (χ0) is 18.5. The number of nitro benzene ring substituents is 1. The first-order valence-corrected chi connectivity index (χ1v) is 7.86. The highest BCUT2D eigenvalue weighted by atomic mass is 32.1. The molecule has 0 unspecified atom stereocenters. The van der Waals surface area contributed by atoms with Gasteiger partial charge in [-0.25, -0.2) is 0 Å². The molecule has 9 nitrogen and oxygen atoms in total. The summed E-state index contributed by atoms with van der Waals surface area (Å²) in [4.78, 5) is 10.1. The molecule has 26 heavy (non-hydrogen) atoms. The van der Waals surface area contributed by atoms with Crippen LogP contribution in [0, 0.1) is 10.1 Å². The predicted octanol–water partition coefficient (Wildman–Crippen LogP) is 2.03. The molecular formula is C16H14N4O5S. The second-order valence-corrected chi connectivity index (χ2v) is 5.65. The van der Waals surface area contributed by atoms with Crippen molar-refractivity contribution in [2.75, 3.05) is 6.79 Å². The molecule has 0 spiro atoms. The molecule has 134 valence electrons. The smallest absolute Gasteiger partial charge is 0.311 e. The van der Waals surface area contributed by atoms with E-state index in [1.54, 1.807) is 0 Å². The van der Waals surface area contributed by atoms with Crippen LogP contribution < -0.4 is 20.2 Å². The van der Waals surface area contributed by atoms with Crippen molar-refractivity contribution in [1.82, 2.24) is 10.7 Å². The quantitative estimate of drug-likeness (QED) is 0.315. The van der Waals surface area contributed by atoms with Crippen LogP contribution in [0.25, 0.3) is 0 Å². The molecular weight excluding hydrogens is 360 g/mol. The van der Waals surface area contributed by atoms with Gasteiger partial charge in [-0.05, 0) is 42.0 Å². The number of hydrogen-bond donors (Lipinski definition) is 3. The van der Waals surface area contributed by atoms with Crippen molar-refractivity contribution in [3.63, 3.8) is 0 Å². The van der Waals surface area contributed by atoms with Crippen molar-refractivity contribution in [2.45, 2.75) is 6.54 Å². The fourth-order valence-electron chi connectivity index (χ4n) is 2.21. The molecule has 0 aliphatic carbocycles. The molecule has 0 amide bonds. The standard InChI is InChI=1S/C16H14N4O5S/c21-13-3-1-10(5-12(13)20(22)23)8-18-19-16(26)17-7-11-2-4-14-15(6-11)25-9-24-14/h1-6,8,21H,7,9H2,(H2,17,19,26)/b18-8-. The lowest BCUT2D eigenvalue weighted by molar-refractivity contribution is -0.385. The van der Waals surface area contributed by atoms with Crippen LogP contribution in [0.1, 0.15) is 11.1 Å². The molecule has 3 rings (SSSR count). The van der Waals surface area contributed by atoms with Crippen LogP contribution in [0.15, 0.2) is 41.5 Å². The van der Waals surface area contributed by atoms with Crippen LogP contribution in [0.3, 0.4) is 0 Å². The van der Waals surface area contributed by atoms with Crippen LogP contribution in [-0.4, -0.2) is 28.1 Å². The van der Waals surface area contributed by atoms with Crippen molar-refractivity contribution >= 4 is 29.2 Å². The number of aromatic hydroxyl groups is 1. The summed E-state index contributed by atoms with van der Waals surface area (Å²) in [5.74, 6) is 0.998. The Bertz CT molecular complexity index is 887. The molecule has 0 radical (unpaired) electrons. The van der Waals surface area contributed by atoms with E-state index in [4.69, 9.17) is 21.7 Å². The van der Waals surface area contributed by atoms with Gasteiger partial charge in [-0.2, -0.15) is 5.10 Å². The summed E-state index contributed by atoms with van der Waals surface area (Å²) in [7, 11) is 0. The van der Waals surface area contributed by atoms with E-state index >= 15 is 0 Å². The highest BCUT2D eigenvalue weighted by molar-refractivity contribution is 7.80. The maximum absolute atomic E-state index is 10.8. The van der Waals surface area contributed by atoms with Crippen molar-refractivity contribution in [2.24, 2.45) is 5.10 Å². The molecule has 1 aliphatic rings. The zero-order valence-electron chi connectivity index (χ0n) is 13.3. The molecule has 0 aromatic heterocycles. The van der Waals surface area contributed by atoms with Gasteiger partial charge in [0.05, 0.1) is 11.1 Å². The first-order chi connectivity index (χ1) is 12.5. The van der Waals surface area contributed by atoms with E-state index in [1.165, 1.54) is 24.4 Å². The topological polar surface area (TPSA) is 118 Å². The number of nitro groups is 1. The van der Waals surface area contributed by atoms with Gasteiger partial charge < -0.3 is 19.9 Å². The minimum atomic E-state index is -0.669. The molecule has 2 aromatic rings. The molecule has 0 fully saturated rings. The highest BCUT2D eigenvalue weighted by Gasteiger charge is 2.13. The van der Waals surface area contributed by atoms with E-state index in [1.807, 2.05) is 18.2 Å². The van der Waals surface area contributed by atoms with Crippen LogP contribution in [0.2, 0.25) is 0 Å². The number of hydrogen-bond acceptors (Lipinski definition) is 7. The van der Waals surface area contributed by atoms with Gasteiger partial charge in [0.15, 0.2) is 22.4 Å². The summed E-state index contributed by atoms with van der Waals surface area (Å²) >= 11 is 5.12. The van der Waals surface area contributed by atoms with Gasteiger partial charge in [0.1, 0.15) is 0 Å². The van der Waals surface area contributed by atoms with E-state index in [9.17, 15) is 15.2 Å². The Labute approximate surface area is 153 Å². The second kappa shape index (κ2) is 7.66. The minimum absolute atomic E-state index is 0.219. The number of phenols is 1. The first-order valence-electron chi connectivity index (χ1n) is 7.46. The minimum Gasteiger partial charge on any atom is -0.502 e. The Kier molecular flexibility index (Phi) is 5.13. The lowest BCUT2D eigenvalue weighted by Gasteiger charge is -2.07. The summed E-state index contributed by atoms with van der Waals surface area (Å²) in [6.45, 7) is 0.680. The second-order valence-electron chi connectivity index (χ2n) is 5.25. The molecule has 0 saturated carbocycles. The van der Waals surface area contributed by atoms with Gasteiger partial charge in [-0.15, -0.1) is 0 Å². The number of benzene rings is 2. The lowest BCUT2D eigenvalue weighted by Crippen LogP contribution is -2.31. The summed E-state index contributed by atoms with van der Waals surface area (Å²) in [5.41, 5.74) is 3.63. The SMILES string of the molecule is O=[N+]([O-])c1cc(/C=N\NC(=S)NCc2ccc3c(c2)OCO3)ccc1O. The molecule has 3 N–H and O–H groups in total. The third kappa shape index (κ3) is 4.16. The Morgan fingerprint density at radius 1 is 1.31 bits per heavy atom. The van der Waals surface area contributed by atoms with E-state index in [0.717, 1.165) is 5.56 Å². The number of nitrogens with one attached hydrogen (secondary N) is 2. The molecule has 1 aliphatic heterocycles. The maximum Gasteiger partial charge on any atom is 0.311 e. The third-order valence-corrected chi connectivity index (χ3v) is 3.70. The van der Waals surface area contributed by atoms with Crippen molar-refractivity contribution < 1.29 is 19.5 Å². The van der Waals surface area contributed by atoms with Gasteiger partial charge in [0.25, 0.3) is 0 Å². The van der Waals surface area contributed by atoms with Crippen LogP contribution in [-0.2, 0) is 6.54 Å². The summed E-state index contributed by atoms with van der Waals surface area (Å²) in [6.07, 6.45) is 1.36. The van der Waals surface area contributed by atoms with E-state index in [2.05, 4.69) is 15.8 Å².